The Kier molecular flexibility index (Phi) is 3.53. The van der Waals surface area contributed by atoms with Crippen LogP contribution in [0, 0.1) is 6.92 Å². The van der Waals surface area contributed by atoms with Crippen molar-refractivity contribution in [3.05, 3.63) is 35.4 Å². The standard InChI is InChI=1S/C15H20N2O3S/c1-10-5-3-4-6-13(10)14-16-11(2)15(18)17(14)12-7-8-21(19,20)9-12/h3-6,11-12,14,16H,7-9H2,1-2H3. The normalized spacial score (nSPS) is 31.8. The number of carbonyl (C=O) groups excluding carboxylic acids is 1. The molecule has 1 aromatic carbocycles. The number of carbonyl (C=O) groups is 1. The number of nitrogens with zero attached hydrogens (tertiary/aromatic N) is 1. The molecule has 0 aromatic heterocycles. The van der Waals surface area contributed by atoms with E-state index in [4.69, 9.17) is 0 Å². The molecule has 114 valence electrons. The van der Waals surface area contributed by atoms with Crippen LogP contribution in [0.3, 0.4) is 0 Å². The maximum absolute atomic E-state index is 12.5. The monoisotopic (exact) mass is 308 g/mol. The molecule has 2 heterocycles. The highest BCUT2D eigenvalue weighted by atomic mass is 32.2. The van der Waals surface area contributed by atoms with Gasteiger partial charge in [-0.2, -0.15) is 0 Å². The summed E-state index contributed by atoms with van der Waals surface area (Å²) < 4.78 is 23.5. The van der Waals surface area contributed by atoms with Crippen molar-refractivity contribution in [3.8, 4) is 0 Å². The number of hydrogen-bond donors (Lipinski definition) is 1. The molecule has 0 saturated carbocycles. The second-order valence-electron chi connectivity index (χ2n) is 5.95. The van der Waals surface area contributed by atoms with Crippen molar-refractivity contribution < 1.29 is 13.2 Å². The van der Waals surface area contributed by atoms with Crippen molar-refractivity contribution in [2.75, 3.05) is 11.5 Å². The van der Waals surface area contributed by atoms with E-state index in [1.54, 1.807) is 4.90 Å². The molecule has 1 aromatic rings. The average Bonchev–Trinajstić information content (AvgIpc) is 2.91. The van der Waals surface area contributed by atoms with E-state index < -0.39 is 9.84 Å². The molecule has 21 heavy (non-hydrogen) atoms. The average molecular weight is 308 g/mol. The van der Waals surface area contributed by atoms with Crippen LogP contribution in [0.2, 0.25) is 0 Å². The second-order valence-corrected chi connectivity index (χ2v) is 8.18. The fraction of sp³-hybridized carbons (Fsp3) is 0.533. The molecule has 0 radical (unpaired) electrons. The Morgan fingerprint density at radius 3 is 2.62 bits per heavy atom. The van der Waals surface area contributed by atoms with Crippen molar-refractivity contribution in [2.45, 2.75) is 38.5 Å². The number of hydrogen-bond acceptors (Lipinski definition) is 4. The van der Waals surface area contributed by atoms with E-state index in [1.807, 2.05) is 38.1 Å². The molecular formula is C15H20N2O3S. The molecule has 6 heteroatoms. The minimum Gasteiger partial charge on any atom is -0.318 e. The van der Waals surface area contributed by atoms with Gasteiger partial charge in [-0.3, -0.25) is 10.1 Å². The van der Waals surface area contributed by atoms with Gasteiger partial charge in [-0.05, 0) is 31.4 Å². The molecule has 5 nitrogen and oxygen atoms in total. The van der Waals surface area contributed by atoms with Crippen molar-refractivity contribution in [1.29, 1.82) is 0 Å². The van der Waals surface area contributed by atoms with Crippen LogP contribution < -0.4 is 5.32 Å². The summed E-state index contributed by atoms with van der Waals surface area (Å²) in [5.41, 5.74) is 2.14. The lowest BCUT2D eigenvalue weighted by atomic mass is 10.0. The Morgan fingerprint density at radius 1 is 1.29 bits per heavy atom. The molecular weight excluding hydrogens is 288 g/mol. The maximum atomic E-state index is 12.5. The molecule has 0 spiro atoms. The third-order valence-electron chi connectivity index (χ3n) is 4.40. The third-order valence-corrected chi connectivity index (χ3v) is 6.15. The first-order chi connectivity index (χ1) is 9.89. The van der Waals surface area contributed by atoms with E-state index in [2.05, 4.69) is 5.32 Å². The highest BCUT2D eigenvalue weighted by Gasteiger charge is 2.45. The molecule has 1 amide bonds. The number of benzene rings is 1. The minimum absolute atomic E-state index is 0.00893. The van der Waals surface area contributed by atoms with Crippen LogP contribution in [0.4, 0.5) is 0 Å². The molecule has 3 rings (SSSR count). The van der Waals surface area contributed by atoms with E-state index in [1.165, 1.54) is 0 Å². The molecule has 3 unspecified atom stereocenters. The molecule has 0 aliphatic carbocycles. The number of nitrogens with one attached hydrogen (secondary N) is 1. The van der Waals surface area contributed by atoms with Gasteiger partial charge >= 0.3 is 0 Å². The summed E-state index contributed by atoms with van der Waals surface area (Å²) >= 11 is 0. The first-order valence-corrected chi connectivity index (χ1v) is 9.05. The van der Waals surface area contributed by atoms with Gasteiger partial charge in [0, 0.05) is 6.04 Å². The number of rotatable bonds is 2. The predicted octanol–water partition coefficient (Wildman–Crippen LogP) is 1.00. The van der Waals surface area contributed by atoms with Crippen LogP contribution in [-0.2, 0) is 14.6 Å². The third kappa shape index (κ3) is 2.58. The van der Waals surface area contributed by atoms with Crippen molar-refractivity contribution in [1.82, 2.24) is 10.2 Å². The Hall–Kier alpha value is -1.40. The van der Waals surface area contributed by atoms with Gasteiger partial charge in [0.15, 0.2) is 9.84 Å². The van der Waals surface area contributed by atoms with Gasteiger partial charge in [0.25, 0.3) is 0 Å². The van der Waals surface area contributed by atoms with Gasteiger partial charge in [0.2, 0.25) is 5.91 Å². The van der Waals surface area contributed by atoms with Gasteiger partial charge in [-0.25, -0.2) is 8.42 Å². The minimum atomic E-state index is -3.01. The quantitative estimate of drug-likeness (QED) is 0.885. The summed E-state index contributed by atoms with van der Waals surface area (Å²) in [5.74, 6) is 0.247. The summed E-state index contributed by atoms with van der Waals surface area (Å²) in [6, 6.07) is 7.41. The van der Waals surface area contributed by atoms with Crippen LogP contribution in [0.25, 0.3) is 0 Å². The zero-order valence-corrected chi connectivity index (χ0v) is 13.1. The predicted molar refractivity (Wildman–Crippen MR) is 80.4 cm³/mol. The maximum Gasteiger partial charge on any atom is 0.241 e. The Morgan fingerprint density at radius 2 is 2.00 bits per heavy atom. The van der Waals surface area contributed by atoms with E-state index in [9.17, 15) is 13.2 Å². The molecule has 2 aliphatic rings. The van der Waals surface area contributed by atoms with Crippen LogP contribution in [-0.4, -0.2) is 42.8 Å². The lowest BCUT2D eigenvalue weighted by Gasteiger charge is -2.30. The Bertz CT molecular complexity index is 671. The molecule has 0 bridgehead atoms. The summed E-state index contributed by atoms with van der Waals surface area (Å²) in [5, 5.41) is 3.30. The number of amides is 1. The number of sulfone groups is 1. The lowest BCUT2D eigenvalue weighted by molar-refractivity contribution is -0.131. The topological polar surface area (TPSA) is 66.5 Å². The van der Waals surface area contributed by atoms with Gasteiger partial charge < -0.3 is 4.90 Å². The Balaban J connectivity index is 1.96. The molecule has 2 aliphatic heterocycles. The fourth-order valence-corrected chi connectivity index (χ4v) is 4.97. The van der Waals surface area contributed by atoms with Gasteiger partial charge in [-0.1, -0.05) is 24.3 Å². The van der Waals surface area contributed by atoms with Crippen LogP contribution in [0.1, 0.15) is 30.6 Å². The fourth-order valence-electron chi connectivity index (χ4n) is 3.26. The van der Waals surface area contributed by atoms with Gasteiger partial charge in [0.05, 0.1) is 17.5 Å². The Labute approximate surface area is 125 Å². The van der Waals surface area contributed by atoms with Crippen LogP contribution >= 0.6 is 0 Å². The van der Waals surface area contributed by atoms with Gasteiger partial charge in [0.1, 0.15) is 6.17 Å². The molecule has 2 saturated heterocycles. The van der Waals surface area contributed by atoms with E-state index in [0.717, 1.165) is 11.1 Å². The second kappa shape index (κ2) is 5.10. The first-order valence-electron chi connectivity index (χ1n) is 7.23. The molecule has 3 atom stereocenters. The smallest absolute Gasteiger partial charge is 0.241 e. The van der Waals surface area contributed by atoms with Crippen LogP contribution in [0.5, 0.6) is 0 Å². The highest BCUT2D eigenvalue weighted by molar-refractivity contribution is 7.91. The zero-order valence-electron chi connectivity index (χ0n) is 12.2. The largest absolute Gasteiger partial charge is 0.318 e. The van der Waals surface area contributed by atoms with Crippen molar-refractivity contribution in [3.63, 3.8) is 0 Å². The van der Waals surface area contributed by atoms with E-state index in [-0.39, 0.29) is 35.7 Å². The summed E-state index contributed by atoms with van der Waals surface area (Å²) in [6.07, 6.45) is 0.303. The molecule has 2 fully saturated rings. The SMILES string of the molecule is Cc1ccccc1C1NC(C)C(=O)N1C1CCS(=O)(=O)C1. The van der Waals surface area contributed by atoms with Gasteiger partial charge in [-0.15, -0.1) is 0 Å². The van der Waals surface area contributed by atoms with Crippen molar-refractivity contribution >= 4 is 15.7 Å². The number of aryl methyl sites for hydroxylation is 1. The van der Waals surface area contributed by atoms with E-state index in [0.29, 0.717) is 6.42 Å². The molecule has 1 N–H and O–H groups in total. The lowest BCUT2D eigenvalue weighted by Crippen LogP contribution is -2.41. The zero-order chi connectivity index (χ0) is 15.2. The summed E-state index contributed by atoms with van der Waals surface area (Å²) in [6.45, 7) is 3.84. The van der Waals surface area contributed by atoms with Crippen molar-refractivity contribution in [2.24, 2.45) is 0 Å². The summed E-state index contributed by atoms with van der Waals surface area (Å²) in [4.78, 5) is 14.2. The van der Waals surface area contributed by atoms with Crippen LogP contribution in [0.15, 0.2) is 24.3 Å². The van der Waals surface area contributed by atoms with E-state index >= 15 is 0 Å². The highest BCUT2D eigenvalue weighted by Crippen LogP contribution is 2.32. The first kappa shape index (κ1) is 14.5. The summed E-state index contributed by atoms with van der Waals surface area (Å²) in [7, 11) is -3.01.